The molecule has 114 valence electrons. The molecule has 22 heavy (non-hydrogen) atoms. The van der Waals surface area contributed by atoms with Crippen molar-refractivity contribution in [1.82, 2.24) is 10.4 Å². The molecule has 0 saturated carbocycles. The van der Waals surface area contributed by atoms with Gasteiger partial charge in [0.15, 0.2) is 0 Å². The summed E-state index contributed by atoms with van der Waals surface area (Å²) < 4.78 is 5.12. The lowest BCUT2D eigenvalue weighted by Crippen LogP contribution is -2.20. The van der Waals surface area contributed by atoms with Crippen molar-refractivity contribution < 1.29 is 9.53 Å². The number of nitrogens with one attached hydrogen (secondary N) is 1. The first-order valence-electron chi connectivity index (χ1n) is 7.06. The molecule has 1 amide bonds. The fourth-order valence-corrected chi connectivity index (χ4v) is 1.87. The molecule has 0 radical (unpaired) electrons. The van der Waals surface area contributed by atoms with Crippen molar-refractivity contribution in [3.8, 4) is 5.75 Å². The Labute approximate surface area is 130 Å². The highest BCUT2D eigenvalue weighted by atomic mass is 16.5. The molecule has 5 nitrogen and oxygen atoms in total. The molecule has 0 aliphatic carbocycles. The minimum absolute atomic E-state index is 0.301. The van der Waals surface area contributed by atoms with Gasteiger partial charge in [0.1, 0.15) is 11.4 Å². The smallest absolute Gasteiger partial charge is 0.289 e. The van der Waals surface area contributed by atoms with Crippen LogP contribution in [-0.2, 0) is 6.42 Å². The Balaban J connectivity index is 1.83. The molecule has 1 aromatic carbocycles. The van der Waals surface area contributed by atoms with Crippen molar-refractivity contribution in [3.05, 3.63) is 59.9 Å². The fourth-order valence-electron chi connectivity index (χ4n) is 1.87. The first-order valence-corrected chi connectivity index (χ1v) is 7.06. The predicted molar refractivity (Wildman–Crippen MR) is 86.1 cm³/mol. The van der Waals surface area contributed by atoms with Gasteiger partial charge in [-0.05, 0) is 49.6 Å². The Bertz CT molecular complexity index is 637. The third kappa shape index (κ3) is 4.70. The molecule has 1 N–H and O–H groups in total. The first kappa shape index (κ1) is 15.7. The molecule has 1 heterocycles. The number of carbonyl (C=O) groups is 1. The molecule has 0 saturated heterocycles. The van der Waals surface area contributed by atoms with E-state index in [2.05, 4.69) is 15.5 Å². The van der Waals surface area contributed by atoms with Crippen LogP contribution in [0.2, 0.25) is 0 Å². The van der Waals surface area contributed by atoms with Crippen molar-refractivity contribution in [2.45, 2.75) is 19.8 Å². The minimum Gasteiger partial charge on any atom is -0.497 e. The molecule has 0 unspecified atom stereocenters. The number of hydrazone groups is 1. The fraction of sp³-hybridized carbons (Fsp3) is 0.235. The largest absolute Gasteiger partial charge is 0.497 e. The van der Waals surface area contributed by atoms with Crippen molar-refractivity contribution in [3.63, 3.8) is 0 Å². The van der Waals surface area contributed by atoms with Gasteiger partial charge in [-0.2, -0.15) is 5.10 Å². The van der Waals surface area contributed by atoms with Crippen LogP contribution in [0.5, 0.6) is 5.75 Å². The van der Waals surface area contributed by atoms with Crippen LogP contribution in [0.1, 0.15) is 29.4 Å². The van der Waals surface area contributed by atoms with Gasteiger partial charge < -0.3 is 4.74 Å². The van der Waals surface area contributed by atoms with Crippen LogP contribution in [0, 0.1) is 0 Å². The van der Waals surface area contributed by atoms with Crippen molar-refractivity contribution in [2.24, 2.45) is 5.10 Å². The number of hydrogen-bond acceptors (Lipinski definition) is 4. The maximum absolute atomic E-state index is 11.8. The van der Waals surface area contributed by atoms with Crippen LogP contribution in [-0.4, -0.2) is 23.7 Å². The third-order valence-electron chi connectivity index (χ3n) is 3.18. The highest BCUT2D eigenvalue weighted by Gasteiger charge is 2.04. The van der Waals surface area contributed by atoms with Gasteiger partial charge in [-0.25, -0.2) is 5.43 Å². The lowest BCUT2D eigenvalue weighted by molar-refractivity contribution is 0.0949. The van der Waals surface area contributed by atoms with Crippen LogP contribution < -0.4 is 10.2 Å². The zero-order valence-electron chi connectivity index (χ0n) is 12.7. The second kappa shape index (κ2) is 7.93. The number of methoxy groups -OCH3 is 1. The molecular weight excluding hydrogens is 278 g/mol. The standard InChI is InChI=1S/C17H19N3O2/c1-13(6-7-14-8-10-15(22-2)11-9-14)19-20-17(21)16-5-3-4-12-18-16/h3-5,8-12H,6-7H2,1-2H3,(H,20,21)/b19-13-. The predicted octanol–water partition coefficient (Wildman–Crippen LogP) is 2.83. The summed E-state index contributed by atoms with van der Waals surface area (Å²) in [4.78, 5) is 15.8. The molecule has 0 aliphatic heterocycles. The van der Waals surface area contributed by atoms with Crippen LogP contribution in [0.15, 0.2) is 53.8 Å². The molecule has 2 aromatic rings. The van der Waals surface area contributed by atoms with E-state index in [9.17, 15) is 4.79 Å². The van der Waals surface area contributed by atoms with Gasteiger partial charge in [0.25, 0.3) is 5.91 Å². The summed E-state index contributed by atoms with van der Waals surface area (Å²) in [6.45, 7) is 1.89. The number of hydrogen-bond donors (Lipinski definition) is 1. The van der Waals surface area contributed by atoms with E-state index in [0.717, 1.165) is 24.3 Å². The third-order valence-corrected chi connectivity index (χ3v) is 3.18. The van der Waals surface area contributed by atoms with Crippen molar-refractivity contribution in [1.29, 1.82) is 0 Å². The number of ether oxygens (including phenoxy) is 1. The van der Waals surface area contributed by atoms with Gasteiger partial charge in [-0.15, -0.1) is 0 Å². The Hall–Kier alpha value is -2.69. The average Bonchev–Trinajstić information content (AvgIpc) is 2.59. The number of pyridine rings is 1. The van der Waals surface area contributed by atoms with Gasteiger partial charge in [0.2, 0.25) is 0 Å². The second-order valence-electron chi connectivity index (χ2n) is 4.85. The summed E-state index contributed by atoms with van der Waals surface area (Å²) in [5, 5.41) is 4.10. The van der Waals surface area contributed by atoms with E-state index in [0.29, 0.717) is 5.69 Å². The Morgan fingerprint density at radius 1 is 1.23 bits per heavy atom. The van der Waals surface area contributed by atoms with E-state index < -0.39 is 0 Å². The molecule has 0 spiro atoms. The van der Waals surface area contributed by atoms with Crippen LogP contribution in [0.3, 0.4) is 0 Å². The maximum Gasteiger partial charge on any atom is 0.289 e. The number of aryl methyl sites for hydroxylation is 1. The molecule has 0 fully saturated rings. The molecule has 0 atom stereocenters. The summed E-state index contributed by atoms with van der Waals surface area (Å²) in [5.41, 5.74) is 4.94. The van der Waals surface area contributed by atoms with Crippen LogP contribution in [0.25, 0.3) is 0 Å². The lowest BCUT2D eigenvalue weighted by atomic mass is 10.1. The maximum atomic E-state index is 11.8. The lowest BCUT2D eigenvalue weighted by Gasteiger charge is -2.04. The summed E-state index contributed by atoms with van der Waals surface area (Å²) >= 11 is 0. The van der Waals surface area contributed by atoms with E-state index in [1.807, 2.05) is 31.2 Å². The first-order chi connectivity index (χ1) is 10.7. The molecule has 5 heteroatoms. The van der Waals surface area contributed by atoms with Crippen molar-refractivity contribution in [2.75, 3.05) is 7.11 Å². The van der Waals surface area contributed by atoms with Crippen molar-refractivity contribution >= 4 is 11.6 Å². The van der Waals surface area contributed by atoms with E-state index in [1.165, 1.54) is 5.56 Å². The van der Waals surface area contributed by atoms with Gasteiger partial charge in [0, 0.05) is 11.9 Å². The number of carbonyl (C=O) groups excluding carboxylic acids is 1. The summed E-state index contributed by atoms with van der Waals surface area (Å²) in [6.07, 6.45) is 3.21. The SMILES string of the molecule is COc1ccc(CC/C(C)=N\NC(=O)c2ccccn2)cc1. The second-order valence-corrected chi connectivity index (χ2v) is 4.85. The van der Waals surface area contributed by atoms with Gasteiger partial charge in [-0.3, -0.25) is 9.78 Å². The number of amides is 1. The van der Waals surface area contributed by atoms with Gasteiger partial charge in [-0.1, -0.05) is 18.2 Å². The Morgan fingerprint density at radius 3 is 2.64 bits per heavy atom. The summed E-state index contributed by atoms with van der Waals surface area (Å²) in [7, 11) is 1.65. The molecule has 0 bridgehead atoms. The average molecular weight is 297 g/mol. The molecule has 2 rings (SSSR count). The monoisotopic (exact) mass is 297 g/mol. The van der Waals surface area contributed by atoms with E-state index in [4.69, 9.17) is 4.74 Å². The topological polar surface area (TPSA) is 63.6 Å². The van der Waals surface area contributed by atoms with Gasteiger partial charge in [0.05, 0.1) is 7.11 Å². The van der Waals surface area contributed by atoms with Crippen LogP contribution >= 0.6 is 0 Å². The molecular formula is C17H19N3O2. The van der Waals surface area contributed by atoms with Gasteiger partial charge >= 0.3 is 0 Å². The highest BCUT2D eigenvalue weighted by Crippen LogP contribution is 2.12. The van der Waals surface area contributed by atoms with E-state index in [1.54, 1.807) is 31.5 Å². The number of nitrogens with zero attached hydrogens (tertiary/aromatic N) is 2. The number of benzene rings is 1. The normalized spacial score (nSPS) is 11.1. The summed E-state index contributed by atoms with van der Waals surface area (Å²) in [5.74, 6) is 0.543. The molecule has 1 aromatic heterocycles. The van der Waals surface area contributed by atoms with Crippen LogP contribution in [0.4, 0.5) is 0 Å². The van der Waals surface area contributed by atoms with E-state index in [-0.39, 0.29) is 5.91 Å². The number of aromatic nitrogens is 1. The highest BCUT2D eigenvalue weighted by molar-refractivity contribution is 5.93. The summed E-state index contributed by atoms with van der Waals surface area (Å²) in [6, 6.07) is 13.1. The molecule has 0 aliphatic rings. The minimum atomic E-state index is -0.301. The van der Waals surface area contributed by atoms with E-state index >= 15 is 0 Å². The Morgan fingerprint density at radius 2 is 2.00 bits per heavy atom. The zero-order valence-corrected chi connectivity index (χ0v) is 12.7. The Kier molecular flexibility index (Phi) is 5.65. The zero-order chi connectivity index (χ0) is 15.8. The number of rotatable bonds is 6. The quantitative estimate of drug-likeness (QED) is 0.658.